The molecule has 3 atom stereocenters. The van der Waals surface area contributed by atoms with E-state index in [2.05, 4.69) is 43.9 Å². The van der Waals surface area contributed by atoms with Crippen molar-refractivity contribution < 1.29 is 14.3 Å². The molecule has 0 saturated carbocycles. The molecule has 1 heterocycles. The molecule has 1 fully saturated rings. The van der Waals surface area contributed by atoms with Crippen LogP contribution in [0.25, 0.3) is 0 Å². The fourth-order valence-corrected chi connectivity index (χ4v) is 3.65. The zero-order valence-electron chi connectivity index (χ0n) is 13.7. The molecule has 1 aliphatic heterocycles. The van der Waals surface area contributed by atoms with Crippen LogP contribution < -0.4 is 10.0 Å². The van der Waals surface area contributed by atoms with Gasteiger partial charge in [-0.15, -0.1) is 0 Å². The molecule has 0 radical (unpaired) electrons. The van der Waals surface area contributed by atoms with Gasteiger partial charge in [0.2, 0.25) is 4.91 Å². The Morgan fingerprint density at radius 1 is 1.48 bits per heavy atom. The van der Waals surface area contributed by atoms with E-state index in [1.54, 1.807) is 0 Å². The van der Waals surface area contributed by atoms with E-state index in [1.807, 2.05) is 6.92 Å². The van der Waals surface area contributed by atoms with E-state index in [1.165, 1.54) is 4.90 Å². The molecule has 0 aromatic heterocycles. The van der Waals surface area contributed by atoms with Crippen molar-refractivity contribution in [3.63, 3.8) is 0 Å². The Morgan fingerprint density at radius 3 is 2.48 bits per heavy atom. The van der Waals surface area contributed by atoms with E-state index in [4.69, 9.17) is 9.96 Å². The van der Waals surface area contributed by atoms with Gasteiger partial charge >= 0.3 is 0 Å². The lowest BCUT2D eigenvalue weighted by Crippen LogP contribution is -2.60. The molecule has 1 N–H and O–H groups in total. The third kappa shape index (κ3) is 4.12. The van der Waals surface area contributed by atoms with Crippen molar-refractivity contribution in [3.8, 4) is 0 Å². The van der Waals surface area contributed by atoms with Crippen LogP contribution in [0.2, 0.25) is 18.1 Å². The molecule has 0 aliphatic carbocycles. The highest BCUT2D eigenvalue weighted by atomic mass is 28.4. The second-order valence-electron chi connectivity index (χ2n) is 7.18. The number of amides is 1. The Kier molecular flexibility index (Phi) is 5.30. The molecule has 0 bridgehead atoms. The number of likely N-dealkylation sites (tertiary alicyclic amines) is 1. The summed E-state index contributed by atoms with van der Waals surface area (Å²) in [6, 6.07) is -0.618. The second-order valence-corrected chi connectivity index (χ2v) is 11.9. The lowest BCUT2D eigenvalue weighted by atomic mass is 9.97. The molecule has 7 nitrogen and oxygen atoms in total. The van der Waals surface area contributed by atoms with Gasteiger partial charge < -0.3 is 19.2 Å². The molecule has 0 unspecified atom stereocenters. The minimum Gasteiger partial charge on any atom is -0.530 e. The maximum Gasteiger partial charge on any atom is 0.214 e. The number of carbonyl (C=O) groups excluding carboxylic acids is 1. The summed E-state index contributed by atoms with van der Waals surface area (Å²) in [4.78, 5) is 15.6. The summed E-state index contributed by atoms with van der Waals surface area (Å²) in [7, 11) is -2.01. The zero-order valence-corrected chi connectivity index (χ0v) is 14.7. The van der Waals surface area contributed by atoms with Crippen molar-refractivity contribution in [2.75, 3.05) is 6.54 Å². The van der Waals surface area contributed by atoms with Gasteiger partial charge in [0.1, 0.15) is 16.7 Å². The van der Waals surface area contributed by atoms with Crippen molar-refractivity contribution in [3.05, 3.63) is 0 Å². The summed E-state index contributed by atoms with van der Waals surface area (Å²) in [5.74, 6) is 0. The van der Waals surface area contributed by atoms with Crippen molar-refractivity contribution in [1.29, 1.82) is 5.53 Å². The number of rotatable bonds is 3. The first-order valence-electron chi connectivity index (χ1n) is 7.21. The molecule has 120 valence electrons. The normalized spacial score (nSPS) is 27.1. The summed E-state index contributed by atoms with van der Waals surface area (Å²) in [5.41, 5.74) is 6.85. The Balaban J connectivity index is 2.97. The molecule has 8 heteroatoms. The van der Waals surface area contributed by atoms with E-state index in [-0.39, 0.29) is 29.8 Å². The van der Waals surface area contributed by atoms with Crippen LogP contribution in [0.15, 0.2) is 5.11 Å². The summed E-state index contributed by atoms with van der Waals surface area (Å²) >= 11 is 0. The summed E-state index contributed by atoms with van der Waals surface area (Å²) < 4.78 is 6.36. The topological polar surface area (TPSA) is 103 Å². The molecular weight excluding hydrogens is 288 g/mol. The monoisotopic (exact) mass is 314 g/mol. The first kappa shape index (κ1) is 17.8. The molecular formula is C13H26N4O3Si. The molecule has 1 amide bonds. The fourth-order valence-electron chi connectivity index (χ4n) is 2.24. The molecule has 0 aromatic carbocycles. The van der Waals surface area contributed by atoms with Crippen LogP contribution in [-0.2, 0) is 4.43 Å². The Hall–Kier alpha value is -1.24. The first-order chi connectivity index (χ1) is 9.49. The van der Waals surface area contributed by atoms with Crippen molar-refractivity contribution in [2.24, 2.45) is 5.11 Å². The molecule has 1 saturated heterocycles. The molecule has 1 aliphatic rings. The number of piperidine rings is 1. The van der Waals surface area contributed by atoms with Gasteiger partial charge in [-0.1, -0.05) is 20.8 Å². The highest BCUT2D eigenvalue weighted by Gasteiger charge is 2.44. The fraction of sp³-hybridized carbons (Fsp3) is 0.923. The molecule has 0 spiro atoms. The van der Waals surface area contributed by atoms with Gasteiger partial charge in [0.05, 0.1) is 12.1 Å². The third-order valence-corrected chi connectivity index (χ3v) is 9.15. The number of carboxylic acid groups (broad SMARTS) is 1. The van der Waals surface area contributed by atoms with Crippen molar-refractivity contribution in [1.82, 2.24) is 9.81 Å². The van der Waals surface area contributed by atoms with E-state index in [0.29, 0.717) is 6.42 Å². The molecule has 1 rings (SSSR count). The largest absolute Gasteiger partial charge is 0.530 e. The van der Waals surface area contributed by atoms with Gasteiger partial charge in [-0.25, -0.2) is 0 Å². The lowest BCUT2D eigenvalue weighted by Gasteiger charge is -2.47. The predicted molar refractivity (Wildman–Crippen MR) is 79.3 cm³/mol. The van der Waals surface area contributed by atoms with Crippen LogP contribution in [0.3, 0.4) is 0 Å². The standard InChI is InChI=1S/C13H26N4O3Si/c1-9-11(20-21(5,6)13(2,3)4)7-10(15-16-14)8-17(9)12(18)19/h9-11,14H,7-8H2,1-6H3/t9-,10+,11-/m0/s1. The van der Waals surface area contributed by atoms with Crippen LogP contribution in [0.4, 0.5) is 4.79 Å². The van der Waals surface area contributed by atoms with Gasteiger partial charge in [-0.3, -0.25) is 0 Å². The van der Waals surface area contributed by atoms with Crippen LogP contribution >= 0.6 is 0 Å². The molecule has 21 heavy (non-hydrogen) atoms. The van der Waals surface area contributed by atoms with E-state index in [0.717, 1.165) is 0 Å². The van der Waals surface area contributed by atoms with Gasteiger partial charge in [0.25, 0.3) is 0 Å². The number of nitrogens with one attached hydrogen (secondary N) is 1. The summed E-state index contributed by atoms with van der Waals surface area (Å²) in [6.45, 7) is 12.8. The summed E-state index contributed by atoms with van der Waals surface area (Å²) in [6.07, 6.45) is -0.885. The van der Waals surface area contributed by atoms with Crippen molar-refractivity contribution in [2.45, 2.75) is 70.4 Å². The van der Waals surface area contributed by atoms with E-state index >= 15 is 0 Å². The van der Waals surface area contributed by atoms with Gasteiger partial charge in [-0.05, 0) is 25.1 Å². The minimum absolute atomic E-state index is 0.0446. The lowest BCUT2D eigenvalue weighted by molar-refractivity contribution is -0.271. The quantitative estimate of drug-likeness (QED) is 0.487. The second kappa shape index (κ2) is 6.25. The SMILES string of the molecule is C[C@H]1[C@@H](O[Si](C)(C)C(C)(C)C)C[C@@H](N=[N+]=N)CN1C(=O)[O-]. The maximum atomic E-state index is 11.3. The van der Waals surface area contributed by atoms with Gasteiger partial charge in [0.15, 0.2) is 14.4 Å². The van der Waals surface area contributed by atoms with Crippen LogP contribution in [-0.4, -0.2) is 44.0 Å². The highest BCUT2D eigenvalue weighted by molar-refractivity contribution is 6.74. The van der Waals surface area contributed by atoms with Gasteiger partial charge in [-0.2, -0.15) is 0 Å². The summed E-state index contributed by atoms with van der Waals surface area (Å²) in [5, 5.41) is 15.1. The van der Waals surface area contributed by atoms with E-state index < -0.39 is 14.4 Å². The number of carbonyl (C=O) groups is 1. The first-order valence-corrected chi connectivity index (χ1v) is 10.1. The molecule has 0 aromatic rings. The Labute approximate surface area is 127 Å². The number of nitrogens with zero attached hydrogens (tertiary/aromatic N) is 3. The Morgan fingerprint density at radius 2 is 2.05 bits per heavy atom. The van der Waals surface area contributed by atoms with Gasteiger partial charge in [0, 0.05) is 13.0 Å². The maximum absolute atomic E-state index is 11.3. The minimum atomic E-state index is -2.01. The zero-order chi connectivity index (χ0) is 16.4. The Bertz CT molecular complexity index is 443. The predicted octanol–water partition coefficient (Wildman–Crippen LogP) is 1.73. The third-order valence-electron chi connectivity index (χ3n) is 4.65. The van der Waals surface area contributed by atoms with Crippen LogP contribution in [0, 0.1) is 5.53 Å². The average molecular weight is 314 g/mol. The number of hydrogen-bond acceptors (Lipinski definition) is 5. The van der Waals surface area contributed by atoms with E-state index in [9.17, 15) is 9.90 Å². The average Bonchev–Trinajstić information content (AvgIpc) is 2.31. The van der Waals surface area contributed by atoms with Crippen molar-refractivity contribution >= 4 is 14.4 Å². The van der Waals surface area contributed by atoms with Crippen LogP contribution in [0.1, 0.15) is 34.1 Å². The smallest absolute Gasteiger partial charge is 0.214 e. The highest BCUT2D eigenvalue weighted by Crippen LogP contribution is 2.39. The number of hydrogen-bond donors (Lipinski definition) is 1. The van der Waals surface area contributed by atoms with Crippen LogP contribution in [0.5, 0.6) is 0 Å².